The molecule has 0 aliphatic rings. The summed E-state index contributed by atoms with van der Waals surface area (Å²) < 4.78 is 31.3. The predicted molar refractivity (Wildman–Crippen MR) is 93.9 cm³/mol. The van der Waals surface area contributed by atoms with Crippen molar-refractivity contribution in [3.8, 4) is 5.75 Å². The Labute approximate surface area is 150 Å². The van der Waals surface area contributed by atoms with Gasteiger partial charge in [0.25, 0.3) is 0 Å². The Balaban J connectivity index is 2.07. The van der Waals surface area contributed by atoms with Crippen LogP contribution in [0.4, 0.5) is 0 Å². The van der Waals surface area contributed by atoms with Gasteiger partial charge in [-0.25, -0.2) is 0 Å². The molecule has 0 N–H and O–H groups in total. The molecule has 0 spiro atoms. The van der Waals surface area contributed by atoms with Crippen LogP contribution in [0.5, 0.6) is 5.75 Å². The highest BCUT2D eigenvalue weighted by atomic mass is 127. The van der Waals surface area contributed by atoms with Gasteiger partial charge in [-0.2, -0.15) is 8.42 Å². The second-order valence-electron chi connectivity index (χ2n) is 4.27. The average molecular weight is 469 g/mol. The molecule has 0 saturated carbocycles. The monoisotopic (exact) mass is 468 g/mol. The number of hydrogen-bond acceptors (Lipinski definition) is 4. The molecule has 0 radical (unpaired) electrons. The summed E-state index contributed by atoms with van der Waals surface area (Å²) in [5.41, 5.74) is 0.437. The highest BCUT2D eigenvalue weighted by Crippen LogP contribution is 2.28. The quantitative estimate of drug-likeness (QED) is 0.542. The molecule has 3 aromatic rings. The van der Waals surface area contributed by atoms with Crippen LogP contribution >= 0.6 is 45.8 Å². The van der Waals surface area contributed by atoms with E-state index in [0.717, 1.165) is 9.47 Å². The topological polar surface area (TPSA) is 61.2 Å². The van der Waals surface area contributed by atoms with Crippen LogP contribution in [0.2, 0.25) is 10.0 Å². The van der Waals surface area contributed by atoms with Crippen molar-refractivity contribution in [3.05, 3.63) is 56.2 Å². The smallest absolute Gasteiger partial charge is 0.365 e. The van der Waals surface area contributed by atoms with Gasteiger partial charge in [0.2, 0.25) is 0 Å². The van der Waals surface area contributed by atoms with Crippen molar-refractivity contribution in [2.75, 3.05) is 0 Å². The van der Waals surface area contributed by atoms with E-state index in [-0.39, 0.29) is 10.8 Å². The van der Waals surface area contributed by atoms with Crippen LogP contribution in [0.3, 0.4) is 0 Å². The third-order valence-electron chi connectivity index (χ3n) is 2.82. The summed E-state index contributed by atoms with van der Waals surface area (Å²) in [6.07, 6.45) is 0. The molecule has 22 heavy (non-hydrogen) atoms. The zero-order valence-corrected chi connectivity index (χ0v) is 15.2. The number of nitrogens with zero attached hydrogens (tertiary/aromatic N) is 2. The van der Waals surface area contributed by atoms with Gasteiger partial charge in [-0.3, -0.25) is 0 Å². The van der Waals surface area contributed by atoms with Crippen molar-refractivity contribution in [1.29, 1.82) is 0 Å². The Bertz CT molecular complexity index is 973. The average Bonchev–Trinajstić information content (AvgIpc) is 2.81. The lowest BCUT2D eigenvalue weighted by Gasteiger charge is -2.08. The zero-order chi connectivity index (χ0) is 15.9. The maximum Gasteiger partial charge on any atom is 0.429 e. The van der Waals surface area contributed by atoms with Crippen LogP contribution in [0.25, 0.3) is 10.9 Å². The summed E-state index contributed by atoms with van der Waals surface area (Å²) in [7, 11) is -4.15. The number of para-hydroxylation sites is 1. The number of rotatable bonds is 3. The molecule has 114 valence electrons. The van der Waals surface area contributed by atoms with E-state index in [0.29, 0.717) is 14.2 Å². The number of benzene rings is 2. The molecule has 1 heterocycles. The van der Waals surface area contributed by atoms with Crippen molar-refractivity contribution in [2.45, 2.75) is 0 Å². The zero-order valence-electron chi connectivity index (χ0n) is 10.7. The van der Waals surface area contributed by atoms with E-state index in [9.17, 15) is 8.42 Å². The molecule has 0 aliphatic heterocycles. The second-order valence-corrected chi connectivity index (χ2v) is 7.47. The lowest BCUT2D eigenvalue weighted by Crippen LogP contribution is -2.20. The number of aromatic nitrogens is 2. The highest BCUT2D eigenvalue weighted by molar-refractivity contribution is 14.1. The summed E-state index contributed by atoms with van der Waals surface area (Å²) in [6.45, 7) is 0. The molecule has 0 atom stereocenters. The van der Waals surface area contributed by atoms with E-state index in [1.165, 1.54) is 18.2 Å². The first kappa shape index (κ1) is 15.9. The van der Waals surface area contributed by atoms with Crippen molar-refractivity contribution in [1.82, 2.24) is 9.19 Å². The van der Waals surface area contributed by atoms with Crippen LogP contribution < -0.4 is 4.18 Å². The molecule has 9 heteroatoms. The molecule has 5 nitrogen and oxygen atoms in total. The normalized spacial score (nSPS) is 11.8. The fourth-order valence-electron chi connectivity index (χ4n) is 1.86. The summed E-state index contributed by atoms with van der Waals surface area (Å²) in [5.74, 6) is 0.0592. The fraction of sp³-hybridized carbons (Fsp3) is 0. The van der Waals surface area contributed by atoms with Gasteiger partial charge in [0.05, 0.1) is 15.6 Å². The first-order chi connectivity index (χ1) is 10.4. The minimum Gasteiger partial charge on any atom is -0.365 e. The Morgan fingerprint density at radius 1 is 1.09 bits per heavy atom. The largest absolute Gasteiger partial charge is 0.429 e. The summed E-state index contributed by atoms with van der Waals surface area (Å²) in [6, 6.07) is 11.2. The lowest BCUT2D eigenvalue weighted by molar-refractivity contribution is 0.471. The molecule has 0 aliphatic carbocycles. The Kier molecular flexibility index (Phi) is 4.23. The third kappa shape index (κ3) is 2.90. The van der Waals surface area contributed by atoms with Crippen LogP contribution in [0, 0.1) is 3.70 Å². The summed E-state index contributed by atoms with van der Waals surface area (Å²) >= 11 is 13.6. The Morgan fingerprint density at radius 3 is 2.55 bits per heavy atom. The minimum absolute atomic E-state index is 0.0592. The Morgan fingerprint density at radius 2 is 1.82 bits per heavy atom. The van der Waals surface area contributed by atoms with Crippen molar-refractivity contribution >= 4 is 67.0 Å². The van der Waals surface area contributed by atoms with E-state index in [1.54, 1.807) is 18.2 Å². The first-order valence-electron chi connectivity index (χ1n) is 5.92. The van der Waals surface area contributed by atoms with Gasteiger partial charge < -0.3 is 4.18 Å². The number of fused-ring (bicyclic) bond motifs is 1. The molecule has 1 aromatic heterocycles. The second kappa shape index (κ2) is 5.88. The van der Waals surface area contributed by atoms with Crippen LogP contribution in [-0.4, -0.2) is 17.6 Å². The molecular formula is C13H7Cl2IN2O3S. The van der Waals surface area contributed by atoms with Crippen molar-refractivity contribution in [3.63, 3.8) is 0 Å². The number of hydrogen-bond donors (Lipinski definition) is 0. The van der Waals surface area contributed by atoms with Gasteiger partial charge in [-0.15, -0.1) is 9.19 Å². The SMILES string of the molecule is O=S(=O)(Oc1ccc(Cl)c(Cl)c1)n1nc(I)c2ccccc21. The van der Waals surface area contributed by atoms with E-state index in [2.05, 4.69) is 5.10 Å². The predicted octanol–water partition coefficient (Wildman–Crippen LogP) is 4.12. The van der Waals surface area contributed by atoms with Crippen molar-refractivity contribution in [2.24, 2.45) is 0 Å². The van der Waals surface area contributed by atoms with E-state index < -0.39 is 10.3 Å². The van der Waals surface area contributed by atoms with Gasteiger partial charge in [-0.1, -0.05) is 41.4 Å². The standard InChI is InChI=1S/C13H7Cl2IN2O3S/c14-10-6-5-8(7-11(10)15)21-22(19,20)18-12-4-2-1-3-9(12)13(16)17-18/h1-7H. The lowest BCUT2D eigenvalue weighted by atomic mass is 10.3. The first-order valence-corrected chi connectivity index (χ1v) is 9.12. The van der Waals surface area contributed by atoms with Gasteiger partial charge in [0.15, 0.2) is 0 Å². The fourth-order valence-corrected chi connectivity index (χ4v) is 3.96. The summed E-state index contributed by atoms with van der Waals surface area (Å²) in [5, 5.41) is 5.27. The molecular weight excluding hydrogens is 462 g/mol. The van der Waals surface area contributed by atoms with E-state index in [4.69, 9.17) is 27.4 Å². The van der Waals surface area contributed by atoms with Gasteiger partial charge in [0.1, 0.15) is 9.45 Å². The number of halogens is 3. The Hall–Kier alpha value is -1.03. The molecule has 0 saturated heterocycles. The molecule has 0 bridgehead atoms. The maximum absolute atomic E-state index is 12.4. The molecule has 3 rings (SSSR count). The summed E-state index contributed by atoms with van der Waals surface area (Å²) in [4.78, 5) is 0. The molecule has 0 amide bonds. The molecule has 2 aromatic carbocycles. The van der Waals surface area contributed by atoms with Crippen LogP contribution in [0.15, 0.2) is 42.5 Å². The van der Waals surface area contributed by atoms with Crippen LogP contribution in [-0.2, 0) is 10.3 Å². The van der Waals surface area contributed by atoms with Gasteiger partial charge in [-0.05, 0) is 40.8 Å². The van der Waals surface area contributed by atoms with Crippen LogP contribution in [0.1, 0.15) is 0 Å². The molecule has 0 fully saturated rings. The van der Waals surface area contributed by atoms with Crippen molar-refractivity contribution < 1.29 is 12.6 Å². The highest BCUT2D eigenvalue weighted by Gasteiger charge is 2.22. The van der Waals surface area contributed by atoms with E-state index in [1.807, 2.05) is 28.7 Å². The minimum atomic E-state index is -4.15. The van der Waals surface area contributed by atoms with Gasteiger partial charge >= 0.3 is 10.3 Å². The molecule has 0 unspecified atom stereocenters. The van der Waals surface area contributed by atoms with Gasteiger partial charge in [0, 0.05) is 11.5 Å². The van der Waals surface area contributed by atoms with E-state index >= 15 is 0 Å². The maximum atomic E-state index is 12.4. The third-order valence-corrected chi connectivity index (χ3v) is 5.46.